The molecule has 32 heavy (non-hydrogen) atoms. The molecule has 1 fully saturated rings. The van der Waals surface area contributed by atoms with Gasteiger partial charge in [0.05, 0.1) is 23.9 Å². The lowest BCUT2D eigenvalue weighted by molar-refractivity contribution is -0.130. The van der Waals surface area contributed by atoms with Crippen LogP contribution in [0, 0.1) is 11.3 Å². The van der Waals surface area contributed by atoms with Gasteiger partial charge >= 0.3 is 0 Å². The van der Waals surface area contributed by atoms with Crippen molar-refractivity contribution in [2.45, 2.75) is 12.3 Å². The summed E-state index contributed by atoms with van der Waals surface area (Å²) < 4.78 is 5.40. The summed E-state index contributed by atoms with van der Waals surface area (Å²) in [5, 5.41) is 13.6. The maximum atomic E-state index is 12.5. The van der Waals surface area contributed by atoms with E-state index in [1.165, 1.54) is 0 Å². The first-order valence-corrected chi connectivity index (χ1v) is 11.8. The molecule has 0 radical (unpaired) electrons. The van der Waals surface area contributed by atoms with Gasteiger partial charge in [-0.2, -0.15) is 10.2 Å². The maximum Gasteiger partial charge on any atom is 0.241 e. The molecule has 2 aromatic carbocycles. The third kappa shape index (κ3) is 5.88. The zero-order valence-electron chi connectivity index (χ0n) is 17.4. The lowest BCUT2D eigenvalue weighted by Gasteiger charge is -2.33. The average Bonchev–Trinajstić information content (AvgIpc) is 3.29. The molecule has 164 valence electrons. The Hall–Kier alpha value is -2.86. The summed E-state index contributed by atoms with van der Waals surface area (Å²) in [5.74, 6) is 2.47. The molecule has 0 N–H and O–H groups in total. The highest BCUT2D eigenvalue weighted by molar-refractivity contribution is 7.99. The van der Waals surface area contributed by atoms with Crippen LogP contribution in [0.4, 0.5) is 0 Å². The number of carbonyl (C=O) groups is 1. The molecule has 0 aliphatic carbocycles. The van der Waals surface area contributed by atoms with Crippen molar-refractivity contribution in [1.82, 2.24) is 19.9 Å². The normalized spacial score (nSPS) is 14.3. The standard InChI is InChI=1S/C23H22ClN5O2S/c24-20-7-5-19(6-8-20)23-26-21(31-27-23)14-28-9-11-29(12-10-28)22(30)16-32-15-18-3-1-17(13-25)2-4-18/h1-8H,9-12,14-16H2. The SMILES string of the molecule is N#Cc1ccc(CSCC(=O)N2CCN(Cc3nc(-c4ccc(Cl)cc4)no3)CC2)cc1. The zero-order valence-corrected chi connectivity index (χ0v) is 19.0. The Bertz CT molecular complexity index is 1090. The van der Waals surface area contributed by atoms with Crippen molar-refractivity contribution in [1.29, 1.82) is 5.26 Å². The third-order valence-corrected chi connectivity index (χ3v) is 6.47. The van der Waals surface area contributed by atoms with Crippen molar-refractivity contribution >= 4 is 29.3 Å². The van der Waals surface area contributed by atoms with Crippen LogP contribution in [0.3, 0.4) is 0 Å². The molecule has 3 aromatic rings. The molecular weight excluding hydrogens is 446 g/mol. The number of thioether (sulfide) groups is 1. The Morgan fingerprint density at radius 2 is 1.81 bits per heavy atom. The number of halogens is 1. The van der Waals surface area contributed by atoms with E-state index >= 15 is 0 Å². The van der Waals surface area contributed by atoms with Crippen molar-refractivity contribution in [3.8, 4) is 17.5 Å². The molecular formula is C23H22ClN5O2S. The summed E-state index contributed by atoms with van der Waals surface area (Å²) in [6, 6.07) is 16.9. The summed E-state index contributed by atoms with van der Waals surface area (Å²) in [7, 11) is 0. The van der Waals surface area contributed by atoms with Crippen molar-refractivity contribution in [3.63, 3.8) is 0 Å². The molecule has 0 atom stereocenters. The lowest BCUT2D eigenvalue weighted by Crippen LogP contribution is -2.48. The van der Waals surface area contributed by atoms with Gasteiger partial charge in [-0.25, -0.2) is 0 Å². The monoisotopic (exact) mass is 467 g/mol. The highest BCUT2D eigenvalue weighted by Crippen LogP contribution is 2.20. The smallest absolute Gasteiger partial charge is 0.241 e. The Morgan fingerprint density at radius 1 is 1.09 bits per heavy atom. The summed E-state index contributed by atoms with van der Waals surface area (Å²) in [6.07, 6.45) is 0. The number of hydrogen-bond acceptors (Lipinski definition) is 7. The van der Waals surface area contributed by atoms with Crippen LogP contribution in [0.25, 0.3) is 11.4 Å². The number of rotatable bonds is 7. The van der Waals surface area contributed by atoms with E-state index in [4.69, 9.17) is 21.4 Å². The fourth-order valence-electron chi connectivity index (χ4n) is 3.40. The minimum absolute atomic E-state index is 0.158. The highest BCUT2D eigenvalue weighted by Gasteiger charge is 2.22. The molecule has 0 spiro atoms. The van der Waals surface area contributed by atoms with E-state index in [0.717, 1.165) is 30.0 Å². The number of nitrogens with zero attached hydrogens (tertiary/aromatic N) is 5. The second-order valence-corrected chi connectivity index (χ2v) is 8.90. The van der Waals surface area contributed by atoms with Gasteiger partial charge in [-0.3, -0.25) is 9.69 Å². The van der Waals surface area contributed by atoms with Gasteiger partial charge in [-0.15, -0.1) is 11.8 Å². The molecule has 0 saturated carbocycles. The van der Waals surface area contributed by atoms with E-state index in [1.807, 2.05) is 29.2 Å². The summed E-state index contributed by atoms with van der Waals surface area (Å²) >= 11 is 7.52. The van der Waals surface area contributed by atoms with E-state index in [9.17, 15) is 4.79 Å². The molecule has 2 heterocycles. The summed E-state index contributed by atoms with van der Waals surface area (Å²) in [5.41, 5.74) is 2.62. The van der Waals surface area contributed by atoms with Crippen LogP contribution in [0.5, 0.6) is 0 Å². The number of nitriles is 1. The van der Waals surface area contributed by atoms with Crippen LogP contribution in [-0.4, -0.2) is 57.8 Å². The van der Waals surface area contributed by atoms with Gasteiger partial charge < -0.3 is 9.42 Å². The third-order valence-electron chi connectivity index (χ3n) is 5.23. The van der Waals surface area contributed by atoms with E-state index < -0.39 is 0 Å². The first-order valence-electron chi connectivity index (χ1n) is 10.3. The van der Waals surface area contributed by atoms with Gasteiger partial charge in [0.25, 0.3) is 0 Å². The van der Waals surface area contributed by atoms with Crippen LogP contribution in [-0.2, 0) is 17.1 Å². The lowest BCUT2D eigenvalue weighted by atomic mass is 10.2. The fourth-order valence-corrected chi connectivity index (χ4v) is 4.42. The first kappa shape index (κ1) is 22.3. The zero-order chi connectivity index (χ0) is 22.3. The Kier molecular flexibility index (Phi) is 7.43. The van der Waals surface area contributed by atoms with E-state index in [0.29, 0.717) is 47.7 Å². The maximum absolute atomic E-state index is 12.5. The Balaban J connectivity index is 1.19. The topological polar surface area (TPSA) is 86.3 Å². The van der Waals surface area contributed by atoms with Crippen LogP contribution in [0.15, 0.2) is 53.1 Å². The number of amides is 1. The number of carbonyl (C=O) groups excluding carboxylic acids is 1. The Labute approximate surface area is 196 Å². The average molecular weight is 468 g/mol. The van der Waals surface area contributed by atoms with Crippen LogP contribution < -0.4 is 0 Å². The number of aromatic nitrogens is 2. The minimum Gasteiger partial charge on any atom is -0.339 e. The minimum atomic E-state index is 0.158. The van der Waals surface area contributed by atoms with Gasteiger partial charge in [0, 0.05) is 42.5 Å². The Morgan fingerprint density at radius 3 is 2.50 bits per heavy atom. The largest absolute Gasteiger partial charge is 0.339 e. The second kappa shape index (κ2) is 10.6. The number of benzene rings is 2. The molecule has 0 bridgehead atoms. The molecule has 0 unspecified atom stereocenters. The van der Waals surface area contributed by atoms with Gasteiger partial charge in [0.15, 0.2) is 0 Å². The molecule has 9 heteroatoms. The van der Waals surface area contributed by atoms with Crippen molar-refractivity contribution in [2.24, 2.45) is 0 Å². The fraction of sp³-hybridized carbons (Fsp3) is 0.304. The first-order chi connectivity index (χ1) is 15.6. The van der Waals surface area contributed by atoms with Gasteiger partial charge in [0.2, 0.25) is 17.6 Å². The van der Waals surface area contributed by atoms with E-state index in [1.54, 1.807) is 36.0 Å². The predicted molar refractivity (Wildman–Crippen MR) is 124 cm³/mol. The van der Waals surface area contributed by atoms with Crippen LogP contribution in [0.1, 0.15) is 17.0 Å². The molecule has 1 amide bonds. The molecule has 1 saturated heterocycles. The second-order valence-electron chi connectivity index (χ2n) is 7.48. The molecule has 1 aliphatic heterocycles. The van der Waals surface area contributed by atoms with Crippen molar-refractivity contribution in [2.75, 3.05) is 31.9 Å². The molecule has 7 nitrogen and oxygen atoms in total. The van der Waals surface area contributed by atoms with Crippen LogP contribution in [0.2, 0.25) is 5.02 Å². The quantitative estimate of drug-likeness (QED) is 0.521. The van der Waals surface area contributed by atoms with Gasteiger partial charge in [0.1, 0.15) is 0 Å². The van der Waals surface area contributed by atoms with Gasteiger partial charge in [-0.1, -0.05) is 28.9 Å². The van der Waals surface area contributed by atoms with Crippen molar-refractivity contribution < 1.29 is 9.32 Å². The molecule has 1 aliphatic rings. The number of piperazine rings is 1. The predicted octanol–water partition coefficient (Wildman–Crippen LogP) is 3.84. The van der Waals surface area contributed by atoms with Crippen LogP contribution >= 0.6 is 23.4 Å². The highest BCUT2D eigenvalue weighted by atomic mass is 35.5. The molecule has 4 rings (SSSR count). The summed E-state index contributed by atoms with van der Waals surface area (Å²) in [4.78, 5) is 21.1. The molecule has 1 aromatic heterocycles. The number of hydrogen-bond donors (Lipinski definition) is 0. The van der Waals surface area contributed by atoms with Crippen molar-refractivity contribution in [3.05, 3.63) is 70.6 Å². The van der Waals surface area contributed by atoms with E-state index in [-0.39, 0.29) is 5.91 Å². The van der Waals surface area contributed by atoms with Gasteiger partial charge in [-0.05, 0) is 42.0 Å². The summed E-state index contributed by atoms with van der Waals surface area (Å²) in [6.45, 7) is 3.48. The van der Waals surface area contributed by atoms with E-state index in [2.05, 4.69) is 21.1 Å².